The molecule has 1 N–H and O–H groups in total. The molecule has 1 aromatic carbocycles. The number of carbonyl (C=O) groups is 1. The van der Waals surface area contributed by atoms with Crippen LogP contribution in [0.2, 0.25) is 19.6 Å². The third-order valence-corrected chi connectivity index (χ3v) is 6.71. The summed E-state index contributed by atoms with van der Waals surface area (Å²) in [6, 6.07) is 3.07. The van der Waals surface area contributed by atoms with Crippen molar-refractivity contribution in [2.45, 2.75) is 51.4 Å². The first-order chi connectivity index (χ1) is 11.6. The van der Waals surface area contributed by atoms with Crippen molar-refractivity contribution in [2.75, 3.05) is 13.2 Å². The van der Waals surface area contributed by atoms with Gasteiger partial charge in [-0.25, -0.2) is 9.18 Å². The van der Waals surface area contributed by atoms with Gasteiger partial charge in [-0.15, -0.1) is 0 Å². The van der Waals surface area contributed by atoms with Crippen molar-refractivity contribution in [1.29, 1.82) is 0 Å². The fraction of sp³-hybridized carbons (Fsp3) is 0.611. The van der Waals surface area contributed by atoms with Crippen LogP contribution in [0.25, 0.3) is 0 Å². The van der Waals surface area contributed by atoms with Crippen molar-refractivity contribution in [3.8, 4) is 0 Å². The molecular weight excluding hydrogens is 454 g/mol. The normalized spacial score (nSPS) is 18.8. The van der Waals surface area contributed by atoms with Crippen molar-refractivity contribution in [1.82, 2.24) is 0 Å². The highest BCUT2D eigenvalue weighted by Crippen LogP contribution is 2.45. The summed E-state index contributed by atoms with van der Waals surface area (Å²) >= 11 is 1.75. The largest absolute Gasteiger partial charge is 0.478 e. The average Bonchev–Trinajstić information content (AvgIpc) is 2.54. The minimum atomic E-state index is -1.97. The molecule has 1 aliphatic heterocycles. The van der Waals surface area contributed by atoms with Crippen LogP contribution in [-0.2, 0) is 14.8 Å². The monoisotopic (exact) mass is 480 g/mol. The number of rotatable bonds is 6. The number of hydrogen-bond acceptors (Lipinski definition) is 3. The molecule has 140 valence electrons. The molecule has 1 heterocycles. The number of aromatic carboxylic acids is 1. The highest BCUT2D eigenvalue weighted by molar-refractivity contribution is 14.1. The zero-order chi connectivity index (χ0) is 18.8. The predicted molar refractivity (Wildman–Crippen MR) is 106 cm³/mol. The van der Waals surface area contributed by atoms with Crippen LogP contribution in [0.3, 0.4) is 0 Å². The van der Waals surface area contributed by atoms with E-state index in [-0.39, 0.29) is 15.1 Å². The Kier molecular flexibility index (Phi) is 6.67. The Morgan fingerprint density at radius 2 is 2.00 bits per heavy atom. The minimum Gasteiger partial charge on any atom is -0.478 e. The molecule has 1 unspecified atom stereocenters. The summed E-state index contributed by atoms with van der Waals surface area (Å²) in [5, 5.41) is 9.47. The van der Waals surface area contributed by atoms with E-state index in [4.69, 9.17) is 9.16 Å². The van der Waals surface area contributed by atoms with Gasteiger partial charge in [-0.3, -0.25) is 0 Å². The van der Waals surface area contributed by atoms with E-state index in [0.717, 1.165) is 12.8 Å². The van der Waals surface area contributed by atoms with Crippen molar-refractivity contribution in [3.05, 3.63) is 32.6 Å². The summed E-state index contributed by atoms with van der Waals surface area (Å²) in [7, 11) is -1.97. The lowest BCUT2D eigenvalue weighted by Gasteiger charge is -2.46. The van der Waals surface area contributed by atoms with E-state index in [1.165, 1.54) is 6.07 Å². The fourth-order valence-electron chi connectivity index (χ4n) is 3.64. The van der Waals surface area contributed by atoms with E-state index in [9.17, 15) is 14.3 Å². The molecular formula is C18H26FIO4Si. The maximum absolute atomic E-state index is 14.5. The predicted octanol–water partition coefficient (Wildman–Crippen LogP) is 5.01. The molecule has 0 saturated carbocycles. The molecule has 0 radical (unpaired) electrons. The summed E-state index contributed by atoms with van der Waals surface area (Å²) in [4.78, 5) is 11.6. The first kappa shape index (κ1) is 20.8. The molecule has 2 rings (SSSR count). The Labute approximate surface area is 163 Å². The van der Waals surface area contributed by atoms with Gasteiger partial charge >= 0.3 is 5.97 Å². The third kappa shape index (κ3) is 4.61. The van der Waals surface area contributed by atoms with E-state index in [2.05, 4.69) is 19.6 Å². The van der Waals surface area contributed by atoms with Gasteiger partial charge in [0.15, 0.2) is 8.32 Å². The smallest absolute Gasteiger partial charge is 0.336 e. The average molecular weight is 480 g/mol. The fourth-order valence-corrected chi connectivity index (χ4v) is 5.71. The SMILES string of the molecule is CCC(O[Si](C)(C)C)(c1cc(F)c(I)c(C(=O)O)c1)C1CCOCC1. The zero-order valence-corrected chi connectivity index (χ0v) is 18.4. The highest BCUT2D eigenvalue weighted by atomic mass is 127. The summed E-state index contributed by atoms with van der Waals surface area (Å²) in [5.41, 5.74) is -0.0387. The van der Waals surface area contributed by atoms with Crippen LogP contribution < -0.4 is 0 Å². The molecule has 4 nitrogen and oxygen atoms in total. The molecule has 0 spiro atoms. The number of halogens is 2. The van der Waals surface area contributed by atoms with E-state index in [1.54, 1.807) is 28.7 Å². The molecule has 25 heavy (non-hydrogen) atoms. The molecule has 0 bridgehead atoms. The second-order valence-corrected chi connectivity index (χ2v) is 13.0. The summed E-state index contributed by atoms with van der Waals surface area (Å²) in [5.74, 6) is -1.44. The number of ether oxygens (including phenoxy) is 1. The van der Waals surface area contributed by atoms with E-state index in [0.29, 0.717) is 25.2 Å². The van der Waals surface area contributed by atoms with Gasteiger partial charge in [-0.1, -0.05) is 6.92 Å². The van der Waals surface area contributed by atoms with Gasteiger partial charge in [0.2, 0.25) is 0 Å². The Bertz CT molecular complexity index is 641. The highest BCUT2D eigenvalue weighted by Gasteiger charge is 2.44. The van der Waals surface area contributed by atoms with E-state index >= 15 is 0 Å². The van der Waals surface area contributed by atoms with Crippen LogP contribution in [0.5, 0.6) is 0 Å². The lowest BCUT2D eigenvalue weighted by molar-refractivity contribution is -0.0601. The zero-order valence-electron chi connectivity index (χ0n) is 15.2. The maximum Gasteiger partial charge on any atom is 0.336 e. The second-order valence-electron chi connectivity index (χ2n) is 7.47. The second kappa shape index (κ2) is 8.02. The van der Waals surface area contributed by atoms with Gasteiger partial charge in [0.05, 0.1) is 14.7 Å². The van der Waals surface area contributed by atoms with Gasteiger partial charge in [-0.05, 0) is 85.1 Å². The van der Waals surface area contributed by atoms with E-state index < -0.39 is 25.7 Å². The van der Waals surface area contributed by atoms with Crippen LogP contribution in [0, 0.1) is 15.3 Å². The summed E-state index contributed by atoms with van der Waals surface area (Å²) < 4.78 is 26.8. The molecule has 1 saturated heterocycles. The molecule has 1 atom stereocenters. The molecule has 1 fully saturated rings. The lowest BCUT2D eigenvalue weighted by Crippen LogP contribution is -2.47. The standard InChI is InChI=1S/C18H26FIO4Si/c1-5-18(24-25(2,3)4,12-6-8-23-9-7-12)13-10-14(17(21)22)16(20)15(19)11-13/h10-12H,5-9H2,1-4H3,(H,21,22). The van der Waals surface area contributed by atoms with Crippen molar-refractivity contribution in [3.63, 3.8) is 0 Å². The van der Waals surface area contributed by atoms with Crippen molar-refractivity contribution < 1.29 is 23.5 Å². The van der Waals surface area contributed by atoms with Gasteiger partial charge in [0.25, 0.3) is 0 Å². The maximum atomic E-state index is 14.5. The Morgan fingerprint density at radius 3 is 2.48 bits per heavy atom. The van der Waals surface area contributed by atoms with Crippen LogP contribution in [0.4, 0.5) is 4.39 Å². The van der Waals surface area contributed by atoms with Crippen LogP contribution in [-0.4, -0.2) is 32.6 Å². The molecule has 1 aliphatic rings. The van der Waals surface area contributed by atoms with Crippen molar-refractivity contribution in [2.24, 2.45) is 5.92 Å². The van der Waals surface area contributed by atoms with Gasteiger partial charge in [0.1, 0.15) is 5.82 Å². The Hall–Kier alpha value is -0.513. The first-order valence-electron chi connectivity index (χ1n) is 8.61. The molecule has 0 aliphatic carbocycles. The Balaban J connectivity index is 2.63. The number of hydrogen-bond donors (Lipinski definition) is 1. The van der Waals surface area contributed by atoms with Crippen LogP contribution >= 0.6 is 22.6 Å². The first-order valence-corrected chi connectivity index (χ1v) is 13.1. The topological polar surface area (TPSA) is 55.8 Å². The molecule has 1 aromatic rings. The molecule has 7 heteroatoms. The quantitative estimate of drug-likeness (QED) is 0.460. The van der Waals surface area contributed by atoms with Crippen molar-refractivity contribution >= 4 is 36.9 Å². The number of carboxylic acids is 1. The van der Waals surface area contributed by atoms with Gasteiger partial charge in [-0.2, -0.15) is 0 Å². The molecule has 0 aromatic heterocycles. The molecule has 0 amide bonds. The minimum absolute atomic E-state index is 0.000315. The summed E-state index contributed by atoms with van der Waals surface area (Å²) in [6.45, 7) is 9.67. The summed E-state index contributed by atoms with van der Waals surface area (Å²) in [6.07, 6.45) is 2.32. The number of carboxylic acid groups (broad SMARTS) is 1. The lowest BCUT2D eigenvalue weighted by atomic mass is 9.75. The third-order valence-electron chi connectivity index (χ3n) is 4.64. The van der Waals surface area contributed by atoms with Gasteiger partial charge < -0.3 is 14.3 Å². The van der Waals surface area contributed by atoms with Gasteiger partial charge in [0, 0.05) is 13.2 Å². The Morgan fingerprint density at radius 1 is 1.40 bits per heavy atom. The van der Waals surface area contributed by atoms with Crippen LogP contribution in [0.1, 0.15) is 42.1 Å². The number of benzene rings is 1. The van der Waals surface area contributed by atoms with Crippen LogP contribution in [0.15, 0.2) is 12.1 Å². The van der Waals surface area contributed by atoms with E-state index in [1.807, 2.05) is 6.92 Å².